The standard InChI is InChI=1S/C37H27N/c1-24-10-3-6-13-29(24)30-16-9-17-31(25(30)2)37-33-15-8-7-14-32(33)36(34-20-21-38-23-35(34)37)28-19-18-26-11-4-5-12-27(26)22-28/h3-23H,1-2H3. The summed E-state index contributed by atoms with van der Waals surface area (Å²) in [6, 6.07) is 41.7. The maximum Gasteiger partial charge on any atom is 0.0353 e. The zero-order chi connectivity index (χ0) is 25.6. The highest BCUT2D eigenvalue weighted by molar-refractivity contribution is 6.22. The first kappa shape index (κ1) is 22.4. The van der Waals surface area contributed by atoms with Gasteiger partial charge in [-0.25, -0.2) is 0 Å². The van der Waals surface area contributed by atoms with Crippen LogP contribution in [-0.4, -0.2) is 4.98 Å². The third-order valence-corrected chi connectivity index (χ3v) is 7.90. The fourth-order valence-electron chi connectivity index (χ4n) is 6.04. The van der Waals surface area contributed by atoms with Crippen LogP contribution in [0.1, 0.15) is 11.1 Å². The number of rotatable bonds is 3. The molecular formula is C37H27N. The highest BCUT2D eigenvalue weighted by Crippen LogP contribution is 2.45. The lowest BCUT2D eigenvalue weighted by atomic mass is 9.83. The van der Waals surface area contributed by atoms with Gasteiger partial charge in [0.15, 0.2) is 0 Å². The van der Waals surface area contributed by atoms with E-state index in [1.54, 1.807) is 0 Å². The molecule has 6 aromatic carbocycles. The van der Waals surface area contributed by atoms with E-state index in [1.165, 1.54) is 76.8 Å². The molecule has 0 bridgehead atoms. The molecule has 0 fully saturated rings. The van der Waals surface area contributed by atoms with Crippen molar-refractivity contribution >= 4 is 32.3 Å². The summed E-state index contributed by atoms with van der Waals surface area (Å²) in [4.78, 5) is 4.61. The fraction of sp³-hybridized carbons (Fsp3) is 0.0541. The number of pyridine rings is 1. The van der Waals surface area contributed by atoms with E-state index in [1.807, 2.05) is 12.4 Å². The zero-order valence-corrected chi connectivity index (χ0v) is 21.6. The second-order valence-electron chi connectivity index (χ2n) is 10.1. The first-order valence-electron chi connectivity index (χ1n) is 13.1. The quantitative estimate of drug-likeness (QED) is 0.227. The van der Waals surface area contributed by atoms with Crippen LogP contribution in [0.25, 0.3) is 65.7 Å². The molecular weight excluding hydrogens is 458 g/mol. The molecule has 1 nitrogen and oxygen atoms in total. The Morgan fingerprint density at radius 1 is 0.474 bits per heavy atom. The van der Waals surface area contributed by atoms with Crippen LogP contribution in [0.4, 0.5) is 0 Å². The first-order chi connectivity index (χ1) is 18.7. The molecule has 0 N–H and O–H groups in total. The molecule has 1 heteroatoms. The molecule has 7 rings (SSSR count). The van der Waals surface area contributed by atoms with Gasteiger partial charge in [-0.15, -0.1) is 0 Å². The van der Waals surface area contributed by atoms with E-state index >= 15 is 0 Å². The molecule has 0 saturated carbocycles. The van der Waals surface area contributed by atoms with Crippen molar-refractivity contribution in [1.29, 1.82) is 0 Å². The van der Waals surface area contributed by atoms with E-state index in [9.17, 15) is 0 Å². The Hall–Kier alpha value is -4.75. The molecule has 0 aliphatic carbocycles. The summed E-state index contributed by atoms with van der Waals surface area (Å²) in [5, 5.41) is 7.43. The summed E-state index contributed by atoms with van der Waals surface area (Å²) in [5.41, 5.74) is 10.1. The van der Waals surface area contributed by atoms with Crippen LogP contribution in [0, 0.1) is 13.8 Å². The molecule has 38 heavy (non-hydrogen) atoms. The Bertz CT molecular complexity index is 1940. The number of hydrogen-bond acceptors (Lipinski definition) is 1. The van der Waals surface area contributed by atoms with Gasteiger partial charge in [0.25, 0.3) is 0 Å². The predicted octanol–water partition coefficient (Wildman–Crippen LogP) is 10.2. The summed E-state index contributed by atoms with van der Waals surface area (Å²) >= 11 is 0. The molecule has 0 radical (unpaired) electrons. The van der Waals surface area contributed by atoms with Gasteiger partial charge in [0.2, 0.25) is 0 Å². The van der Waals surface area contributed by atoms with Crippen molar-refractivity contribution in [2.24, 2.45) is 0 Å². The lowest BCUT2D eigenvalue weighted by molar-refractivity contribution is 1.36. The van der Waals surface area contributed by atoms with Crippen LogP contribution in [0.15, 0.2) is 128 Å². The minimum absolute atomic E-state index is 1.18. The second-order valence-corrected chi connectivity index (χ2v) is 10.1. The van der Waals surface area contributed by atoms with Crippen molar-refractivity contribution in [2.45, 2.75) is 13.8 Å². The molecule has 0 unspecified atom stereocenters. The van der Waals surface area contributed by atoms with Crippen LogP contribution >= 0.6 is 0 Å². The molecule has 7 aromatic rings. The SMILES string of the molecule is Cc1ccccc1-c1cccc(-c2c3ccccc3c(-c3ccc4ccccc4c3)c3ccncc23)c1C. The smallest absolute Gasteiger partial charge is 0.0353 e. The normalized spacial score (nSPS) is 11.4. The molecule has 0 aliphatic heterocycles. The Morgan fingerprint density at radius 3 is 1.97 bits per heavy atom. The van der Waals surface area contributed by atoms with E-state index in [-0.39, 0.29) is 0 Å². The van der Waals surface area contributed by atoms with Gasteiger partial charge in [0.05, 0.1) is 0 Å². The van der Waals surface area contributed by atoms with Gasteiger partial charge in [-0.3, -0.25) is 4.98 Å². The maximum absolute atomic E-state index is 4.61. The van der Waals surface area contributed by atoms with Crippen LogP contribution < -0.4 is 0 Å². The average molecular weight is 486 g/mol. The van der Waals surface area contributed by atoms with Gasteiger partial charge in [-0.1, -0.05) is 103 Å². The van der Waals surface area contributed by atoms with E-state index in [2.05, 4.69) is 134 Å². The van der Waals surface area contributed by atoms with E-state index in [0.29, 0.717) is 0 Å². The number of aromatic nitrogens is 1. The third-order valence-electron chi connectivity index (χ3n) is 7.90. The maximum atomic E-state index is 4.61. The first-order valence-corrected chi connectivity index (χ1v) is 13.1. The Morgan fingerprint density at radius 2 is 1.13 bits per heavy atom. The molecule has 0 saturated heterocycles. The number of fused-ring (bicyclic) bond motifs is 3. The zero-order valence-electron chi connectivity index (χ0n) is 21.6. The summed E-state index contributed by atoms with van der Waals surface area (Å²) in [7, 11) is 0. The molecule has 0 spiro atoms. The van der Waals surface area contributed by atoms with E-state index in [4.69, 9.17) is 0 Å². The summed E-state index contributed by atoms with van der Waals surface area (Å²) in [5.74, 6) is 0. The van der Waals surface area contributed by atoms with Crippen molar-refractivity contribution in [1.82, 2.24) is 4.98 Å². The number of aryl methyl sites for hydroxylation is 1. The van der Waals surface area contributed by atoms with Crippen molar-refractivity contribution < 1.29 is 0 Å². The second kappa shape index (κ2) is 8.97. The number of hydrogen-bond donors (Lipinski definition) is 0. The van der Waals surface area contributed by atoms with Crippen molar-refractivity contribution in [3.8, 4) is 33.4 Å². The molecule has 0 aliphatic rings. The van der Waals surface area contributed by atoms with Crippen LogP contribution in [0.5, 0.6) is 0 Å². The van der Waals surface area contributed by atoms with Gasteiger partial charge >= 0.3 is 0 Å². The molecule has 0 atom stereocenters. The molecule has 1 aromatic heterocycles. The minimum atomic E-state index is 1.18. The Kier molecular flexibility index (Phi) is 5.30. The van der Waals surface area contributed by atoms with Crippen molar-refractivity contribution in [3.05, 3.63) is 139 Å². The Labute approximate surface area is 223 Å². The fourth-order valence-corrected chi connectivity index (χ4v) is 6.04. The molecule has 180 valence electrons. The van der Waals surface area contributed by atoms with Crippen LogP contribution in [0.2, 0.25) is 0 Å². The van der Waals surface area contributed by atoms with Gasteiger partial charge in [0, 0.05) is 17.8 Å². The topological polar surface area (TPSA) is 12.9 Å². The highest BCUT2D eigenvalue weighted by Gasteiger charge is 2.19. The summed E-state index contributed by atoms with van der Waals surface area (Å²) < 4.78 is 0. The van der Waals surface area contributed by atoms with Gasteiger partial charge in [0.1, 0.15) is 0 Å². The number of benzene rings is 6. The Balaban J connectivity index is 1.58. The lowest BCUT2D eigenvalue weighted by Crippen LogP contribution is -1.95. The van der Waals surface area contributed by atoms with E-state index in [0.717, 1.165) is 0 Å². The van der Waals surface area contributed by atoms with Gasteiger partial charge in [-0.05, 0) is 97.4 Å². The van der Waals surface area contributed by atoms with Crippen LogP contribution in [0.3, 0.4) is 0 Å². The van der Waals surface area contributed by atoms with Gasteiger partial charge in [-0.2, -0.15) is 0 Å². The summed E-state index contributed by atoms with van der Waals surface area (Å²) in [6.07, 6.45) is 3.96. The third kappa shape index (κ3) is 3.51. The lowest BCUT2D eigenvalue weighted by Gasteiger charge is -2.20. The average Bonchev–Trinajstić information content (AvgIpc) is 2.96. The van der Waals surface area contributed by atoms with Crippen LogP contribution in [-0.2, 0) is 0 Å². The highest BCUT2D eigenvalue weighted by atomic mass is 14.6. The minimum Gasteiger partial charge on any atom is -0.264 e. The monoisotopic (exact) mass is 485 g/mol. The molecule has 1 heterocycles. The predicted molar refractivity (Wildman–Crippen MR) is 163 cm³/mol. The van der Waals surface area contributed by atoms with E-state index < -0.39 is 0 Å². The number of nitrogens with zero attached hydrogens (tertiary/aromatic N) is 1. The summed E-state index contributed by atoms with van der Waals surface area (Å²) in [6.45, 7) is 4.44. The van der Waals surface area contributed by atoms with Crippen molar-refractivity contribution in [2.75, 3.05) is 0 Å². The molecule has 0 amide bonds. The largest absolute Gasteiger partial charge is 0.264 e. The van der Waals surface area contributed by atoms with Crippen molar-refractivity contribution in [3.63, 3.8) is 0 Å². The van der Waals surface area contributed by atoms with Gasteiger partial charge < -0.3 is 0 Å².